The molecule has 0 saturated heterocycles. The Morgan fingerprint density at radius 2 is 2.00 bits per heavy atom. The molecule has 0 aliphatic heterocycles. The average Bonchev–Trinajstić information content (AvgIpc) is 2.90. The monoisotopic (exact) mass is 231 g/mol. The maximum absolute atomic E-state index is 5.34. The molecule has 0 amide bonds. The van der Waals surface area contributed by atoms with Gasteiger partial charge in [-0.15, -0.1) is 0 Å². The van der Waals surface area contributed by atoms with Gasteiger partial charge < -0.3 is 14.5 Å². The molecule has 0 spiro atoms. The molecule has 90 valence electrons. The van der Waals surface area contributed by atoms with Crippen LogP contribution in [0.25, 0.3) is 0 Å². The van der Waals surface area contributed by atoms with E-state index in [0.29, 0.717) is 0 Å². The molecule has 0 aliphatic carbocycles. The minimum Gasteiger partial charge on any atom is -0.497 e. The first-order chi connectivity index (χ1) is 8.29. The molecule has 3 nitrogen and oxygen atoms in total. The molecule has 1 aromatic heterocycles. The van der Waals surface area contributed by atoms with Gasteiger partial charge in [0.2, 0.25) is 0 Å². The van der Waals surface area contributed by atoms with Crippen molar-refractivity contribution < 1.29 is 9.15 Å². The average molecular weight is 231 g/mol. The van der Waals surface area contributed by atoms with Gasteiger partial charge in [0, 0.05) is 6.54 Å². The first-order valence-corrected chi connectivity index (χ1v) is 5.69. The van der Waals surface area contributed by atoms with E-state index in [9.17, 15) is 0 Å². The van der Waals surface area contributed by atoms with Gasteiger partial charge in [0.15, 0.2) is 0 Å². The number of hydrogen-bond acceptors (Lipinski definition) is 3. The highest BCUT2D eigenvalue weighted by Gasteiger charge is 2.06. The lowest BCUT2D eigenvalue weighted by Gasteiger charge is -2.11. The van der Waals surface area contributed by atoms with Gasteiger partial charge in [-0.2, -0.15) is 0 Å². The molecule has 1 N–H and O–H groups in total. The lowest BCUT2D eigenvalue weighted by molar-refractivity contribution is 0.414. The van der Waals surface area contributed by atoms with E-state index in [1.807, 2.05) is 24.3 Å². The lowest BCUT2D eigenvalue weighted by Crippen LogP contribution is -2.17. The Hall–Kier alpha value is -1.74. The Kier molecular flexibility index (Phi) is 3.83. The van der Waals surface area contributed by atoms with E-state index in [2.05, 4.69) is 24.4 Å². The number of benzene rings is 1. The zero-order chi connectivity index (χ0) is 12.1. The van der Waals surface area contributed by atoms with Crippen LogP contribution in [0.1, 0.15) is 24.3 Å². The summed E-state index contributed by atoms with van der Waals surface area (Å²) in [7, 11) is 1.67. The molecule has 0 bridgehead atoms. The molecule has 17 heavy (non-hydrogen) atoms. The van der Waals surface area contributed by atoms with E-state index in [-0.39, 0.29) is 6.04 Å². The number of nitrogens with one attached hydrogen (secondary N) is 1. The summed E-state index contributed by atoms with van der Waals surface area (Å²) in [4.78, 5) is 0. The molecule has 0 saturated carbocycles. The topological polar surface area (TPSA) is 34.4 Å². The third kappa shape index (κ3) is 3.11. The summed E-state index contributed by atoms with van der Waals surface area (Å²) in [6.07, 6.45) is 1.70. The van der Waals surface area contributed by atoms with Crippen LogP contribution in [-0.2, 0) is 6.54 Å². The molecular formula is C14H17NO2. The van der Waals surface area contributed by atoms with Gasteiger partial charge in [0.1, 0.15) is 11.5 Å². The maximum atomic E-state index is 5.34. The Balaban J connectivity index is 1.89. The van der Waals surface area contributed by atoms with Gasteiger partial charge in [-0.05, 0) is 36.8 Å². The molecule has 2 rings (SSSR count). The number of methoxy groups -OCH3 is 1. The van der Waals surface area contributed by atoms with E-state index < -0.39 is 0 Å². The Morgan fingerprint density at radius 1 is 1.24 bits per heavy atom. The van der Waals surface area contributed by atoms with Gasteiger partial charge >= 0.3 is 0 Å². The SMILES string of the molecule is COc1ccc(CNC(C)c2ccco2)cc1. The molecule has 1 unspecified atom stereocenters. The van der Waals surface area contributed by atoms with E-state index in [4.69, 9.17) is 9.15 Å². The zero-order valence-corrected chi connectivity index (χ0v) is 10.1. The second kappa shape index (κ2) is 5.55. The molecule has 2 aromatic rings. The second-order valence-corrected chi connectivity index (χ2v) is 3.97. The standard InChI is InChI=1S/C14H17NO2/c1-11(14-4-3-9-17-14)15-10-12-5-7-13(16-2)8-6-12/h3-9,11,15H,10H2,1-2H3. The quantitative estimate of drug-likeness (QED) is 0.858. The van der Waals surface area contributed by atoms with Crippen LogP contribution in [0, 0.1) is 0 Å². The second-order valence-electron chi connectivity index (χ2n) is 3.97. The van der Waals surface area contributed by atoms with Crippen molar-refractivity contribution in [2.24, 2.45) is 0 Å². The predicted molar refractivity (Wildman–Crippen MR) is 67.0 cm³/mol. The molecule has 0 radical (unpaired) electrons. The highest BCUT2D eigenvalue weighted by Crippen LogP contribution is 2.15. The van der Waals surface area contributed by atoms with Gasteiger partial charge in [-0.25, -0.2) is 0 Å². The highest BCUT2D eigenvalue weighted by atomic mass is 16.5. The maximum Gasteiger partial charge on any atom is 0.120 e. The molecule has 1 atom stereocenters. The fraction of sp³-hybridized carbons (Fsp3) is 0.286. The third-order valence-corrected chi connectivity index (χ3v) is 2.74. The minimum absolute atomic E-state index is 0.215. The van der Waals surface area contributed by atoms with Crippen molar-refractivity contribution in [2.75, 3.05) is 7.11 Å². The van der Waals surface area contributed by atoms with Gasteiger partial charge in [-0.1, -0.05) is 12.1 Å². The summed E-state index contributed by atoms with van der Waals surface area (Å²) >= 11 is 0. The van der Waals surface area contributed by atoms with Crippen molar-refractivity contribution in [2.45, 2.75) is 19.5 Å². The first kappa shape index (κ1) is 11.7. The first-order valence-electron chi connectivity index (χ1n) is 5.69. The number of rotatable bonds is 5. The Morgan fingerprint density at radius 3 is 2.59 bits per heavy atom. The zero-order valence-electron chi connectivity index (χ0n) is 10.1. The molecule has 1 heterocycles. The summed E-state index contributed by atoms with van der Waals surface area (Å²) in [6, 6.07) is 12.1. The highest BCUT2D eigenvalue weighted by molar-refractivity contribution is 5.27. The molecule has 0 aliphatic rings. The third-order valence-electron chi connectivity index (χ3n) is 2.74. The van der Waals surface area contributed by atoms with E-state index in [1.54, 1.807) is 13.4 Å². The van der Waals surface area contributed by atoms with Crippen LogP contribution in [0.5, 0.6) is 5.75 Å². The van der Waals surface area contributed by atoms with Crippen molar-refractivity contribution in [3.05, 3.63) is 54.0 Å². The van der Waals surface area contributed by atoms with Crippen molar-refractivity contribution >= 4 is 0 Å². The summed E-state index contributed by atoms with van der Waals surface area (Å²) in [6.45, 7) is 2.90. The van der Waals surface area contributed by atoms with Crippen LogP contribution in [0.15, 0.2) is 47.1 Å². The Bertz CT molecular complexity index is 434. The Labute approximate surface area is 101 Å². The van der Waals surface area contributed by atoms with Crippen LogP contribution in [0.3, 0.4) is 0 Å². The minimum atomic E-state index is 0.215. The summed E-state index contributed by atoms with van der Waals surface area (Å²) in [5.74, 6) is 1.84. The van der Waals surface area contributed by atoms with Crippen LogP contribution >= 0.6 is 0 Å². The number of hydrogen-bond donors (Lipinski definition) is 1. The van der Waals surface area contributed by atoms with Crippen molar-refractivity contribution in [1.29, 1.82) is 0 Å². The van der Waals surface area contributed by atoms with Crippen LogP contribution in [-0.4, -0.2) is 7.11 Å². The van der Waals surface area contributed by atoms with Crippen molar-refractivity contribution in [1.82, 2.24) is 5.32 Å². The largest absolute Gasteiger partial charge is 0.497 e. The van der Waals surface area contributed by atoms with Crippen LogP contribution in [0.2, 0.25) is 0 Å². The summed E-state index contributed by atoms with van der Waals surface area (Å²) < 4.78 is 10.5. The molecular weight excluding hydrogens is 214 g/mol. The van der Waals surface area contributed by atoms with Gasteiger partial charge in [-0.3, -0.25) is 0 Å². The summed E-state index contributed by atoms with van der Waals surface area (Å²) in [5, 5.41) is 3.40. The number of ether oxygens (including phenoxy) is 1. The predicted octanol–water partition coefficient (Wildman–Crippen LogP) is 3.14. The van der Waals surface area contributed by atoms with E-state index >= 15 is 0 Å². The van der Waals surface area contributed by atoms with E-state index in [0.717, 1.165) is 18.1 Å². The molecule has 0 fully saturated rings. The van der Waals surface area contributed by atoms with Crippen LogP contribution in [0.4, 0.5) is 0 Å². The van der Waals surface area contributed by atoms with E-state index in [1.165, 1.54) is 5.56 Å². The van der Waals surface area contributed by atoms with Crippen molar-refractivity contribution in [3.8, 4) is 5.75 Å². The number of furan rings is 1. The smallest absolute Gasteiger partial charge is 0.120 e. The van der Waals surface area contributed by atoms with Crippen molar-refractivity contribution in [3.63, 3.8) is 0 Å². The fourth-order valence-corrected chi connectivity index (χ4v) is 1.65. The molecule has 1 aromatic carbocycles. The normalized spacial score (nSPS) is 12.4. The summed E-state index contributed by atoms with van der Waals surface area (Å²) in [5.41, 5.74) is 1.23. The van der Waals surface area contributed by atoms with Gasteiger partial charge in [0.05, 0.1) is 19.4 Å². The van der Waals surface area contributed by atoms with Gasteiger partial charge in [0.25, 0.3) is 0 Å². The lowest BCUT2D eigenvalue weighted by atomic mass is 10.2. The molecule has 3 heteroatoms. The fourth-order valence-electron chi connectivity index (χ4n) is 1.65. The van der Waals surface area contributed by atoms with Crippen LogP contribution < -0.4 is 10.1 Å².